The van der Waals surface area contributed by atoms with Crippen LogP contribution in [0.5, 0.6) is 5.75 Å². The number of hydrogen-bond acceptors (Lipinski definition) is 2. The van der Waals surface area contributed by atoms with E-state index in [1.165, 1.54) is 0 Å². The van der Waals surface area contributed by atoms with E-state index in [-0.39, 0.29) is 0 Å². The molecule has 0 amide bonds. The maximum absolute atomic E-state index is 10.8. The van der Waals surface area contributed by atoms with Crippen LogP contribution in [0.2, 0.25) is 16.6 Å². The summed E-state index contributed by atoms with van der Waals surface area (Å²) in [5.41, 5.74) is 6.89. The molecule has 0 N–H and O–H groups in total. The van der Waals surface area contributed by atoms with Crippen LogP contribution >= 0.6 is 0 Å². The molecular formula is C32H38O2Si. The minimum atomic E-state index is -1.93. The Labute approximate surface area is 212 Å². The second kappa shape index (κ2) is 12.0. The molecule has 0 aliphatic rings. The van der Waals surface area contributed by atoms with Crippen LogP contribution in [0.3, 0.4) is 0 Å². The molecule has 0 aromatic heterocycles. The zero-order valence-electron chi connectivity index (χ0n) is 21.9. The van der Waals surface area contributed by atoms with Gasteiger partial charge in [-0.15, -0.1) is 0 Å². The summed E-state index contributed by atoms with van der Waals surface area (Å²) in [5, 5.41) is 0. The molecule has 3 aromatic carbocycles. The zero-order chi connectivity index (χ0) is 25.4. The normalized spacial score (nSPS) is 12.4. The molecule has 0 radical (unpaired) electrons. The Morgan fingerprint density at radius 3 is 1.09 bits per heavy atom. The quantitative estimate of drug-likeness (QED) is 0.163. The fourth-order valence-electron chi connectivity index (χ4n) is 4.99. The van der Waals surface area contributed by atoms with Crippen LogP contribution in [0.25, 0.3) is 24.3 Å². The Bertz CT molecular complexity index is 1110. The summed E-state index contributed by atoms with van der Waals surface area (Å²) < 4.78 is 6.78. The summed E-state index contributed by atoms with van der Waals surface area (Å²) in [6.45, 7) is 13.9. The van der Waals surface area contributed by atoms with Crippen LogP contribution in [0, 0.1) is 0 Å². The first-order valence-corrected chi connectivity index (χ1v) is 14.7. The number of rotatable bonds is 10. The van der Waals surface area contributed by atoms with Gasteiger partial charge in [0.2, 0.25) is 0 Å². The van der Waals surface area contributed by atoms with E-state index in [0.29, 0.717) is 22.2 Å². The maximum Gasteiger partial charge on any atom is 0.258 e. The van der Waals surface area contributed by atoms with Crippen LogP contribution < -0.4 is 4.43 Å². The van der Waals surface area contributed by atoms with Gasteiger partial charge in [-0.3, -0.25) is 4.79 Å². The van der Waals surface area contributed by atoms with Gasteiger partial charge in [-0.1, -0.05) is 127 Å². The molecule has 0 atom stereocenters. The van der Waals surface area contributed by atoms with E-state index >= 15 is 0 Å². The van der Waals surface area contributed by atoms with Gasteiger partial charge in [0.05, 0.1) is 0 Å². The van der Waals surface area contributed by atoms with Crippen molar-refractivity contribution in [2.24, 2.45) is 0 Å². The van der Waals surface area contributed by atoms with E-state index < -0.39 is 8.32 Å². The van der Waals surface area contributed by atoms with Gasteiger partial charge >= 0.3 is 0 Å². The van der Waals surface area contributed by atoms with Gasteiger partial charge in [0.15, 0.2) is 0 Å². The summed E-state index contributed by atoms with van der Waals surface area (Å²) in [5.74, 6) is 0.988. The first kappa shape index (κ1) is 26.4. The lowest BCUT2D eigenvalue weighted by Crippen LogP contribution is -2.50. The van der Waals surface area contributed by atoms with Gasteiger partial charge in [-0.2, -0.15) is 0 Å². The predicted molar refractivity (Wildman–Crippen MR) is 154 cm³/mol. The molecule has 2 nitrogen and oxygen atoms in total. The van der Waals surface area contributed by atoms with Crippen molar-refractivity contribution in [3.05, 3.63) is 101 Å². The molecule has 3 heteroatoms. The van der Waals surface area contributed by atoms with E-state index in [0.717, 1.165) is 34.3 Å². The Kier molecular flexibility index (Phi) is 9.05. The lowest BCUT2D eigenvalue weighted by molar-refractivity contribution is 0.112. The smallest absolute Gasteiger partial charge is 0.258 e. The second-order valence-electron chi connectivity index (χ2n) is 10.1. The van der Waals surface area contributed by atoms with Crippen molar-refractivity contribution < 1.29 is 9.22 Å². The van der Waals surface area contributed by atoms with Gasteiger partial charge in [-0.25, -0.2) is 0 Å². The largest absolute Gasteiger partial charge is 0.543 e. The highest BCUT2D eigenvalue weighted by molar-refractivity contribution is 6.78. The van der Waals surface area contributed by atoms with E-state index in [1.54, 1.807) is 0 Å². The summed E-state index contributed by atoms with van der Waals surface area (Å²) >= 11 is 0. The van der Waals surface area contributed by atoms with Gasteiger partial charge < -0.3 is 4.43 Å². The lowest BCUT2D eigenvalue weighted by atomic mass is 10.1. The van der Waals surface area contributed by atoms with E-state index in [1.807, 2.05) is 24.3 Å². The van der Waals surface area contributed by atoms with E-state index in [2.05, 4.69) is 114 Å². The Balaban J connectivity index is 1.64. The molecule has 0 spiro atoms. The van der Waals surface area contributed by atoms with Crippen molar-refractivity contribution in [3.63, 3.8) is 0 Å². The minimum absolute atomic E-state index is 0.558. The fourth-order valence-corrected chi connectivity index (χ4v) is 10.2. The summed E-state index contributed by atoms with van der Waals surface area (Å²) in [7, 11) is -1.93. The Morgan fingerprint density at radius 2 is 0.800 bits per heavy atom. The fraction of sp³-hybridized carbons (Fsp3) is 0.281. The predicted octanol–water partition coefficient (Wildman–Crippen LogP) is 9.39. The van der Waals surface area contributed by atoms with Crippen LogP contribution in [0.4, 0.5) is 0 Å². The number of carbonyl (C=O) groups is 1. The van der Waals surface area contributed by atoms with Gasteiger partial charge in [0, 0.05) is 5.56 Å². The molecule has 0 saturated carbocycles. The van der Waals surface area contributed by atoms with Crippen molar-refractivity contribution in [1.29, 1.82) is 0 Å². The lowest BCUT2D eigenvalue weighted by Gasteiger charge is -2.42. The van der Waals surface area contributed by atoms with Crippen LogP contribution in [-0.4, -0.2) is 14.6 Å². The van der Waals surface area contributed by atoms with Crippen molar-refractivity contribution in [1.82, 2.24) is 0 Å². The van der Waals surface area contributed by atoms with Crippen LogP contribution in [0.15, 0.2) is 72.8 Å². The molecule has 0 bridgehead atoms. The van der Waals surface area contributed by atoms with Crippen molar-refractivity contribution in [2.45, 2.75) is 58.2 Å². The molecule has 182 valence electrons. The molecule has 3 aromatic rings. The molecule has 3 rings (SSSR count). The molecule has 0 unspecified atom stereocenters. The number of hydrogen-bond donors (Lipinski definition) is 0. The van der Waals surface area contributed by atoms with Gasteiger partial charge in [-0.05, 0) is 51.0 Å². The second-order valence-corrected chi connectivity index (χ2v) is 15.5. The number of carbonyl (C=O) groups excluding carboxylic acids is 1. The highest BCUT2D eigenvalue weighted by Gasteiger charge is 2.46. The molecular weight excluding hydrogens is 444 g/mol. The van der Waals surface area contributed by atoms with Crippen LogP contribution in [0.1, 0.15) is 74.2 Å². The maximum atomic E-state index is 10.8. The first-order chi connectivity index (χ1) is 16.7. The third-order valence-electron chi connectivity index (χ3n) is 6.83. The Morgan fingerprint density at radius 1 is 0.514 bits per heavy atom. The molecule has 35 heavy (non-hydrogen) atoms. The van der Waals surface area contributed by atoms with E-state index in [4.69, 9.17) is 4.43 Å². The van der Waals surface area contributed by atoms with Gasteiger partial charge in [0.25, 0.3) is 8.32 Å². The topological polar surface area (TPSA) is 26.3 Å². The molecule has 0 saturated heterocycles. The van der Waals surface area contributed by atoms with Crippen molar-refractivity contribution >= 4 is 38.9 Å². The third kappa shape index (κ3) is 6.70. The molecule has 0 aliphatic heterocycles. The third-order valence-corrected chi connectivity index (χ3v) is 12.8. The Hall–Kier alpha value is -3.17. The average Bonchev–Trinajstić information content (AvgIpc) is 2.85. The van der Waals surface area contributed by atoms with Crippen LogP contribution in [-0.2, 0) is 0 Å². The molecule has 0 aliphatic carbocycles. The summed E-state index contributed by atoms with van der Waals surface area (Å²) in [6.07, 6.45) is 9.27. The molecule has 0 fully saturated rings. The molecule has 0 heterocycles. The monoisotopic (exact) mass is 482 g/mol. The standard InChI is InChI=1S/C32H38O2Si/c1-24(2)35(25(3)4,26(5)6)34-32-21-19-30(20-22-32)14-13-28-9-7-27(8-10-28)11-12-29-15-17-31(23-33)18-16-29/h7-26H,1-6H3/b12-11+,14-13+. The minimum Gasteiger partial charge on any atom is -0.543 e. The average molecular weight is 483 g/mol. The number of aldehydes is 1. The highest BCUT2D eigenvalue weighted by atomic mass is 28.4. The van der Waals surface area contributed by atoms with Crippen molar-refractivity contribution in [3.8, 4) is 5.75 Å². The summed E-state index contributed by atoms with van der Waals surface area (Å²) in [4.78, 5) is 10.8. The van der Waals surface area contributed by atoms with Crippen molar-refractivity contribution in [2.75, 3.05) is 0 Å². The van der Waals surface area contributed by atoms with E-state index in [9.17, 15) is 4.79 Å². The number of benzene rings is 3. The summed E-state index contributed by atoms with van der Waals surface area (Å²) in [6, 6.07) is 24.5. The van der Waals surface area contributed by atoms with Gasteiger partial charge in [0.1, 0.15) is 12.0 Å². The SMILES string of the molecule is CC(C)[Si](Oc1ccc(/C=C/c2ccc(/C=C/c3ccc(C=O)cc3)cc2)cc1)(C(C)C)C(C)C. The zero-order valence-corrected chi connectivity index (χ0v) is 22.9. The first-order valence-electron chi connectivity index (χ1n) is 12.5. The highest BCUT2D eigenvalue weighted by Crippen LogP contribution is 2.42.